The van der Waals surface area contributed by atoms with Crippen LogP contribution in [0, 0.1) is 0 Å². The van der Waals surface area contributed by atoms with Gasteiger partial charge in [0.05, 0.1) is 5.69 Å². The lowest BCUT2D eigenvalue weighted by Gasteiger charge is -2.10. The second-order valence-electron chi connectivity index (χ2n) is 5.85. The molecule has 4 rings (SSSR count). The van der Waals surface area contributed by atoms with Crippen molar-refractivity contribution in [2.24, 2.45) is 0 Å². The molecule has 3 aromatic rings. The number of amides is 1. The number of nitrogens with one attached hydrogen (secondary N) is 3. The number of hydrogen-bond donors (Lipinski definition) is 3. The normalized spacial score (nSPS) is 17.2. The van der Waals surface area contributed by atoms with Crippen molar-refractivity contribution in [2.45, 2.75) is 12.5 Å². The molecule has 1 atom stereocenters. The van der Waals surface area contributed by atoms with Crippen LogP contribution in [0.2, 0.25) is 0 Å². The summed E-state index contributed by atoms with van der Waals surface area (Å²) >= 11 is 0. The highest BCUT2D eigenvalue weighted by Crippen LogP contribution is 2.17. The number of hydrogen-bond acceptors (Lipinski definition) is 4. The first kappa shape index (κ1) is 14.6. The number of rotatable bonds is 3. The van der Waals surface area contributed by atoms with Crippen molar-refractivity contribution in [1.29, 1.82) is 0 Å². The summed E-state index contributed by atoms with van der Waals surface area (Å²) in [6.45, 7) is 1.66. The Hall–Kier alpha value is -2.93. The smallest absolute Gasteiger partial charge is 0.273 e. The van der Waals surface area contributed by atoms with Crippen molar-refractivity contribution < 1.29 is 4.79 Å². The zero-order valence-electron chi connectivity index (χ0n) is 13.0. The van der Waals surface area contributed by atoms with E-state index in [1.54, 1.807) is 0 Å². The van der Waals surface area contributed by atoms with Crippen LogP contribution < -0.4 is 16.2 Å². The van der Waals surface area contributed by atoms with E-state index >= 15 is 0 Å². The van der Waals surface area contributed by atoms with E-state index in [1.807, 2.05) is 30.3 Å². The second-order valence-corrected chi connectivity index (χ2v) is 5.85. The molecule has 0 spiro atoms. The number of fused-ring (bicyclic) bond motifs is 1. The molecule has 0 radical (unpaired) electrons. The summed E-state index contributed by atoms with van der Waals surface area (Å²) in [7, 11) is 0. The van der Waals surface area contributed by atoms with Crippen LogP contribution in [0.15, 0.2) is 47.4 Å². The number of aromatic amines is 1. The predicted molar refractivity (Wildman–Crippen MR) is 90.0 cm³/mol. The van der Waals surface area contributed by atoms with Crippen LogP contribution >= 0.6 is 0 Å². The van der Waals surface area contributed by atoms with E-state index in [9.17, 15) is 9.59 Å². The van der Waals surface area contributed by atoms with Gasteiger partial charge >= 0.3 is 0 Å². The van der Waals surface area contributed by atoms with Gasteiger partial charge in [-0.2, -0.15) is 0 Å². The Balaban J connectivity index is 1.75. The van der Waals surface area contributed by atoms with E-state index in [4.69, 9.17) is 0 Å². The monoisotopic (exact) mass is 323 g/mol. The maximum absolute atomic E-state index is 12.5. The molecule has 1 aromatic carbocycles. The zero-order valence-corrected chi connectivity index (χ0v) is 13.0. The van der Waals surface area contributed by atoms with Crippen molar-refractivity contribution in [2.75, 3.05) is 13.1 Å². The molecule has 24 heavy (non-hydrogen) atoms. The minimum absolute atomic E-state index is 0.108. The van der Waals surface area contributed by atoms with Crippen molar-refractivity contribution in [1.82, 2.24) is 25.2 Å². The van der Waals surface area contributed by atoms with E-state index in [0.29, 0.717) is 16.9 Å². The first-order valence-electron chi connectivity index (χ1n) is 7.90. The third-order valence-corrected chi connectivity index (χ3v) is 4.21. The SMILES string of the molecule is O=C(NC1CCNC1)c1c[nH]n2c(=O)cc(-c3ccccc3)nc12. The molecule has 7 nitrogen and oxygen atoms in total. The molecule has 2 aromatic heterocycles. The topological polar surface area (TPSA) is 91.3 Å². The van der Waals surface area contributed by atoms with E-state index < -0.39 is 0 Å². The molecule has 0 bridgehead atoms. The van der Waals surface area contributed by atoms with Crippen LogP contribution in [0.25, 0.3) is 16.9 Å². The van der Waals surface area contributed by atoms with E-state index in [2.05, 4.69) is 20.7 Å². The molecule has 3 heterocycles. The molecule has 122 valence electrons. The van der Waals surface area contributed by atoms with Crippen molar-refractivity contribution in [3.63, 3.8) is 0 Å². The molecule has 0 aliphatic carbocycles. The highest BCUT2D eigenvalue weighted by molar-refractivity contribution is 6.00. The molecule has 1 fully saturated rings. The molecule has 1 aliphatic rings. The lowest BCUT2D eigenvalue weighted by atomic mass is 10.1. The van der Waals surface area contributed by atoms with E-state index in [1.165, 1.54) is 16.8 Å². The quantitative estimate of drug-likeness (QED) is 0.664. The summed E-state index contributed by atoms with van der Waals surface area (Å²) in [5, 5.41) is 8.99. The molecule has 3 N–H and O–H groups in total. The van der Waals surface area contributed by atoms with Crippen molar-refractivity contribution in [3.05, 3.63) is 58.5 Å². The summed E-state index contributed by atoms with van der Waals surface area (Å²) in [6, 6.07) is 11.0. The Bertz CT molecular complexity index is 939. The number of carbonyl (C=O) groups is 1. The molecule has 1 aliphatic heterocycles. The highest BCUT2D eigenvalue weighted by Gasteiger charge is 2.21. The van der Waals surface area contributed by atoms with Crippen LogP contribution in [0.5, 0.6) is 0 Å². The van der Waals surface area contributed by atoms with Crippen LogP contribution in [-0.4, -0.2) is 39.6 Å². The molecule has 1 saturated heterocycles. The lowest BCUT2D eigenvalue weighted by Crippen LogP contribution is -2.36. The fraction of sp³-hybridized carbons (Fsp3) is 0.235. The van der Waals surface area contributed by atoms with Gasteiger partial charge in [-0.3, -0.25) is 14.7 Å². The molecule has 0 saturated carbocycles. The summed E-state index contributed by atoms with van der Waals surface area (Å²) in [6.07, 6.45) is 2.42. The average molecular weight is 323 g/mol. The van der Waals surface area contributed by atoms with Crippen molar-refractivity contribution >= 4 is 11.6 Å². The van der Waals surface area contributed by atoms with Crippen LogP contribution in [-0.2, 0) is 0 Å². The Morgan fingerprint density at radius 3 is 2.88 bits per heavy atom. The van der Waals surface area contributed by atoms with Gasteiger partial charge in [-0.15, -0.1) is 0 Å². The summed E-state index contributed by atoms with van der Waals surface area (Å²) < 4.78 is 1.29. The van der Waals surface area contributed by atoms with Crippen LogP contribution in [0.4, 0.5) is 0 Å². The first-order chi connectivity index (χ1) is 11.7. The van der Waals surface area contributed by atoms with Gasteiger partial charge in [0.15, 0.2) is 5.65 Å². The highest BCUT2D eigenvalue weighted by atomic mass is 16.2. The van der Waals surface area contributed by atoms with Gasteiger partial charge < -0.3 is 10.6 Å². The fourth-order valence-corrected chi connectivity index (χ4v) is 2.95. The van der Waals surface area contributed by atoms with Crippen LogP contribution in [0.1, 0.15) is 16.8 Å². The first-order valence-corrected chi connectivity index (χ1v) is 7.90. The molecule has 7 heteroatoms. The Morgan fingerprint density at radius 2 is 2.12 bits per heavy atom. The summed E-state index contributed by atoms with van der Waals surface area (Å²) in [4.78, 5) is 29.3. The molecular formula is C17H17N5O2. The Labute approximate surface area is 137 Å². The molecule has 1 amide bonds. The lowest BCUT2D eigenvalue weighted by molar-refractivity contribution is 0.0941. The maximum Gasteiger partial charge on any atom is 0.273 e. The van der Waals surface area contributed by atoms with Crippen LogP contribution in [0.3, 0.4) is 0 Å². The third kappa shape index (κ3) is 2.59. The van der Waals surface area contributed by atoms with Gasteiger partial charge in [0.2, 0.25) is 0 Å². The predicted octanol–water partition coefficient (Wildman–Crippen LogP) is 0.781. The van der Waals surface area contributed by atoms with Crippen molar-refractivity contribution in [3.8, 4) is 11.3 Å². The number of aromatic nitrogens is 3. The van der Waals surface area contributed by atoms with E-state index in [-0.39, 0.29) is 17.5 Å². The minimum Gasteiger partial charge on any atom is -0.348 e. The molecule has 1 unspecified atom stereocenters. The van der Waals surface area contributed by atoms with Gasteiger partial charge in [0, 0.05) is 30.4 Å². The minimum atomic E-state index is -0.250. The number of nitrogens with zero attached hydrogens (tertiary/aromatic N) is 2. The van der Waals surface area contributed by atoms with Gasteiger partial charge in [0.25, 0.3) is 11.5 Å². The van der Waals surface area contributed by atoms with Gasteiger partial charge in [0.1, 0.15) is 5.56 Å². The average Bonchev–Trinajstić information content (AvgIpc) is 3.25. The largest absolute Gasteiger partial charge is 0.348 e. The second kappa shape index (κ2) is 5.93. The third-order valence-electron chi connectivity index (χ3n) is 4.21. The van der Waals surface area contributed by atoms with E-state index in [0.717, 1.165) is 25.1 Å². The molecular weight excluding hydrogens is 306 g/mol. The van der Waals surface area contributed by atoms with Gasteiger partial charge in [-0.25, -0.2) is 9.50 Å². The number of carbonyl (C=O) groups excluding carboxylic acids is 1. The fourth-order valence-electron chi connectivity index (χ4n) is 2.95. The summed E-state index contributed by atoms with van der Waals surface area (Å²) in [5.41, 5.74) is 1.85. The number of H-pyrrole nitrogens is 1. The zero-order chi connectivity index (χ0) is 16.5. The van der Waals surface area contributed by atoms with Gasteiger partial charge in [-0.05, 0) is 13.0 Å². The number of benzene rings is 1. The Morgan fingerprint density at radius 1 is 1.29 bits per heavy atom. The Kier molecular flexibility index (Phi) is 3.62. The maximum atomic E-state index is 12.5. The van der Waals surface area contributed by atoms with Gasteiger partial charge in [-0.1, -0.05) is 30.3 Å². The standard InChI is InChI=1S/C17H17N5O2/c23-15-8-14(11-4-2-1-3-5-11)21-16-13(10-19-22(15)16)17(24)20-12-6-7-18-9-12/h1-5,8,10,12,18-19H,6-7,9H2,(H,20,24). The summed E-state index contributed by atoms with van der Waals surface area (Å²) in [5.74, 6) is -0.223.